The van der Waals surface area contributed by atoms with Gasteiger partial charge in [0.25, 0.3) is 0 Å². The van der Waals surface area contributed by atoms with Crippen molar-refractivity contribution in [2.24, 2.45) is 0 Å². The molecule has 38 heavy (non-hydrogen) atoms. The first-order valence-electron chi connectivity index (χ1n) is 12.5. The number of hydrogen-bond donors (Lipinski definition) is 0. The highest BCUT2D eigenvalue weighted by Crippen LogP contribution is 2.18. The van der Waals surface area contributed by atoms with E-state index < -0.39 is 8.07 Å². The van der Waals surface area contributed by atoms with Gasteiger partial charge in [-0.1, -0.05) is 61.1 Å². The Morgan fingerprint density at radius 1 is 0.421 bits per heavy atom. The van der Waals surface area contributed by atoms with Crippen LogP contribution >= 0.6 is 0 Å². The lowest BCUT2D eigenvalue weighted by atomic mass is 10.1. The Labute approximate surface area is 223 Å². The second-order valence-corrected chi connectivity index (χ2v) is 13.2. The second kappa shape index (κ2) is 10.3. The van der Waals surface area contributed by atoms with Crippen LogP contribution in [0.4, 0.5) is 0 Å². The molecule has 1 aromatic carbocycles. The molecule has 6 aromatic rings. The van der Waals surface area contributed by atoms with Crippen molar-refractivity contribution in [3.63, 3.8) is 0 Å². The van der Waals surface area contributed by atoms with Gasteiger partial charge in [-0.25, -0.2) is 0 Å². The summed E-state index contributed by atoms with van der Waals surface area (Å²) in [4.78, 5) is 23.2. The topological polar surface area (TPSA) is 64.5 Å². The highest BCUT2D eigenvalue weighted by Gasteiger charge is 2.35. The van der Waals surface area contributed by atoms with Gasteiger partial charge in [-0.15, -0.1) is 0 Å². The van der Waals surface area contributed by atoms with E-state index in [0.29, 0.717) is 0 Å². The highest BCUT2D eigenvalue weighted by molar-refractivity contribution is 7.10. The Hall–Kier alpha value is -4.81. The van der Waals surface area contributed by atoms with Crippen LogP contribution < -0.4 is 15.6 Å². The molecule has 0 radical (unpaired) electrons. The standard InChI is InChI=1S/C32H25N5Si/c1-38(26-12-15-29(35-21-26)24-8-3-2-4-9-24,27-13-16-30(36-22-27)25-10-7-18-33-20-25)28-14-17-32(37-23-28)31-11-5-6-19-34-31/h2-23H,1H3. The summed E-state index contributed by atoms with van der Waals surface area (Å²) in [6.45, 7) is 2.34. The molecule has 0 aliphatic rings. The van der Waals surface area contributed by atoms with Crippen molar-refractivity contribution in [1.29, 1.82) is 0 Å². The molecule has 1 atom stereocenters. The fraction of sp³-hybridized carbons (Fsp3) is 0.0312. The third-order valence-electron chi connectivity index (χ3n) is 6.98. The summed E-state index contributed by atoms with van der Waals surface area (Å²) >= 11 is 0. The highest BCUT2D eigenvalue weighted by atomic mass is 28.3. The lowest BCUT2D eigenvalue weighted by Gasteiger charge is -2.29. The van der Waals surface area contributed by atoms with Crippen LogP contribution in [0.25, 0.3) is 33.9 Å². The Morgan fingerprint density at radius 3 is 1.50 bits per heavy atom. The van der Waals surface area contributed by atoms with Crippen molar-refractivity contribution in [3.8, 4) is 33.9 Å². The van der Waals surface area contributed by atoms with Gasteiger partial charge in [0.05, 0.1) is 22.8 Å². The van der Waals surface area contributed by atoms with E-state index in [1.807, 2.05) is 73.3 Å². The Balaban J connectivity index is 1.43. The number of aromatic nitrogens is 5. The minimum Gasteiger partial charge on any atom is -0.264 e. The number of benzene rings is 1. The van der Waals surface area contributed by atoms with Crippen molar-refractivity contribution in [2.45, 2.75) is 6.55 Å². The van der Waals surface area contributed by atoms with E-state index in [1.165, 1.54) is 15.6 Å². The molecule has 1 unspecified atom stereocenters. The molecule has 0 saturated heterocycles. The van der Waals surface area contributed by atoms with E-state index in [9.17, 15) is 0 Å². The molecule has 0 amide bonds. The fourth-order valence-electron chi connectivity index (χ4n) is 4.70. The van der Waals surface area contributed by atoms with Crippen molar-refractivity contribution >= 4 is 23.6 Å². The Morgan fingerprint density at radius 2 is 0.974 bits per heavy atom. The quantitative estimate of drug-likeness (QED) is 0.304. The van der Waals surface area contributed by atoms with Crippen LogP contribution in [0.2, 0.25) is 6.55 Å². The van der Waals surface area contributed by atoms with Gasteiger partial charge in [0.1, 0.15) is 0 Å². The maximum absolute atomic E-state index is 4.87. The molecule has 0 aliphatic carbocycles. The van der Waals surface area contributed by atoms with Crippen LogP contribution in [0, 0.1) is 0 Å². The third kappa shape index (κ3) is 4.53. The van der Waals surface area contributed by atoms with Gasteiger partial charge in [0.2, 0.25) is 0 Å². The zero-order valence-electron chi connectivity index (χ0n) is 20.9. The number of hydrogen-bond acceptors (Lipinski definition) is 5. The summed E-state index contributed by atoms with van der Waals surface area (Å²) in [5.41, 5.74) is 5.68. The van der Waals surface area contributed by atoms with Crippen molar-refractivity contribution in [1.82, 2.24) is 24.9 Å². The number of pyridine rings is 5. The minimum atomic E-state index is -2.47. The zero-order valence-corrected chi connectivity index (χ0v) is 21.9. The van der Waals surface area contributed by atoms with Crippen LogP contribution in [0.15, 0.2) is 134 Å². The van der Waals surface area contributed by atoms with Crippen LogP contribution in [0.3, 0.4) is 0 Å². The van der Waals surface area contributed by atoms with Gasteiger partial charge >= 0.3 is 0 Å². The third-order valence-corrected chi connectivity index (χ3v) is 11.3. The Bertz CT molecular complexity index is 1420. The normalized spacial score (nSPS) is 12.6. The molecular formula is C32H25N5Si. The molecule has 0 bridgehead atoms. The van der Waals surface area contributed by atoms with Gasteiger partial charge in [0, 0.05) is 48.3 Å². The molecular weight excluding hydrogens is 482 g/mol. The molecule has 5 heterocycles. The van der Waals surface area contributed by atoms with Crippen LogP contribution in [-0.2, 0) is 0 Å². The maximum Gasteiger partial charge on any atom is 0.151 e. The molecule has 182 valence electrons. The summed E-state index contributed by atoms with van der Waals surface area (Å²) in [6, 6.07) is 32.9. The van der Waals surface area contributed by atoms with Gasteiger partial charge in [-0.3, -0.25) is 24.9 Å². The van der Waals surface area contributed by atoms with E-state index in [0.717, 1.165) is 33.9 Å². The summed E-state index contributed by atoms with van der Waals surface area (Å²) in [6.07, 6.45) is 11.4. The van der Waals surface area contributed by atoms with Crippen LogP contribution in [-0.4, -0.2) is 33.0 Å². The lowest BCUT2D eigenvalue weighted by Crippen LogP contribution is -2.65. The van der Waals surface area contributed by atoms with Gasteiger partial charge in [0.15, 0.2) is 8.07 Å². The van der Waals surface area contributed by atoms with Crippen molar-refractivity contribution < 1.29 is 0 Å². The van der Waals surface area contributed by atoms with Gasteiger partial charge in [-0.05, 0) is 58.0 Å². The van der Waals surface area contributed by atoms with E-state index in [-0.39, 0.29) is 0 Å². The number of rotatable bonds is 6. The largest absolute Gasteiger partial charge is 0.264 e. The molecule has 5 nitrogen and oxygen atoms in total. The first kappa shape index (κ1) is 23.6. The molecule has 0 N–H and O–H groups in total. The number of nitrogens with zero attached hydrogens (tertiary/aromatic N) is 5. The maximum atomic E-state index is 4.87. The molecule has 0 saturated carbocycles. The van der Waals surface area contributed by atoms with Gasteiger partial charge in [-0.2, -0.15) is 0 Å². The molecule has 6 rings (SSSR count). The predicted molar refractivity (Wildman–Crippen MR) is 155 cm³/mol. The SMILES string of the molecule is C[Si](c1ccc(-c2ccccc2)nc1)(c1ccc(-c2cccnc2)nc1)c1ccc(-c2ccccn2)nc1. The molecule has 0 aliphatic heterocycles. The summed E-state index contributed by atoms with van der Waals surface area (Å²) in [5, 5.41) is 3.56. The average molecular weight is 508 g/mol. The average Bonchev–Trinajstić information content (AvgIpc) is 3.02. The van der Waals surface area contributed by atoms with Gasteiger partial charge < -0.3 is 0 Å². The van der Waals surface area contributed by atoms with E-state index in [1.54, 1.807) is 12.4 Å². The second-order valence-electron chi connectivity index (χ2n) is 9.24. The Kier molecular flexibility index (Phi) is 6.38. The lowest BCUT2D eigenvalue weighted by molar-refractivity contribution is 1.25. The van der Waals surface area contributed by atoms with Crippen LogP contribution in [0.1, 0.15) is 0 Å². The van der Waals surface area contributed by atoms with Crippen LogP contribution in [0.5, 0.6) is 0 Å². The first-order chi connectivity index (χ1) is 18.7. The summed E-state index contributed by atoms with van der Waals surface area (Å²) in [7, 11) is -2.47. The molecule has 5 aromatic heterocycles. The van der Waals surface area contributed by atoms with E-state index in [4.69, 9.17) is 15.0 Å². The fourth-order valence-corrected chi connectivity index (χ4v) is 7.92. The smallest absolute Gasteiger partial charge is 0.151 e. The predicted octanol–water partition coefficient (Wildman–Crippen LogP) is 4.76. The van der Waals surface area contributed by atoms with Crippen molar-refractivity contribution in [2.75, 3.05) is 0 Å². The molecule has 0 fully saturated rings. The first-order valence-corrected chi connectivity index (χ1v) is 15.0. The molecule has 0 spiro atoms. The minimum absolute atomic E-state index is 0.855. The van der Waals surface area contributed by atoms with E-state index in [2.05, 4.69) is 65.0 Å². The molecule has 6 heteroatoms. The zero-order chi connectivity index (χ0) is 25.8. The summed E-state index contributed by atoms with van der Waals surface area (Å²) < 4.78 is 0. The van der Waals surface area contributed by atoms with E-state index >= 15 is 0 Å². The summed E-state index contributed by atoms with van der Waals surface area (Å²) in [5.74, 6) is 0. The monoisotopic (exact) mass is 507 g/mol. The van der Waals surface area contributed by atoms with Crippen molar-refractivity contribution in [3.05, 3.63) is 134 Å².